The van der Waals surface area contributed by atoms with Crippen molar-refractivity contribution in [2.45, 2.75) is 37.6 Å². The van der Waals surface area contributed by atoms with Gasteiger partial charge in [0.25, 0.3) is 5.92 Å². The van der Waals surface area contributed by atoms with Crippen LogP contribution in [0.25, 0.3) is 0 Å². The van der Waals surface area contributed by atoms with Crippen molar-refractivity contribution in [3.05, 3.63) is 35.4 Å². The zero-order valence-electron chi connectivity index (χ0n) is 12.2. The Morgan fingerprint density at radius 2 is 2.14 bits per heavy atom. The van der Waals surface area contributed by atoms with Crippen LogP contribution < -0.4 is 10.6 Å². The van der Waals surface area contributed by atoms with Gasteiger partial charge in [-0.1, -0.05) is 17.7 Å². The molecule has 0 aliphatic heterocycles. The summed E-state index contributed by atoms with van der Waals surface area (Å²) in [5.74, 6) is -3.89. The number of urea groups is 1. The summed E-state index contributed by atoms with van der Waals surface area (Å²) in [6, 6.07) is 2.54. The molecular weight excluding hydrogens is 314 g/mol. The number of nitrogens with zero attached hydrogens (tertiary/aromatic N) is 1. The number of rotatable bonds is 3. The average Bonchev–Trinajstić information content (AvgIpc) is 2.69. The second-order valence-electron chi connectivity index (χ2n) is 5.45. The van der Waals surface area contributed by atoms with Gasteiger partial charge in [0.1, 0.15) is 5.75 Å². The third-order valence-corrected chi connectivity index (χ3v) is 4.02. The summed E-state index contributed by atoms with van der Waals surface area (Å²) in [6.07, 6.45) is 2.18. The van der Waals surface area contributed by atoms with Crippen LogP contribution in [0.3, 0.4) is 0 Å². The molecule has 4 nitrogen and oxygen atoms in total. The first-order chi connectivity index (χ1) is 10.1. The van der Waals surface area contributed by atoms with Gasteiger partial charge in [-0.2, -0.15) is 0 Å². The average molecular weight is 331 g/mol. The molecule has 0 aromatic heterocycles. The normalized spacial score (nSPS) is 21.6. The van der Waals surface area contributed by atoms with E-state index in [9.17, 15) is 18.7 Å². The van der Waals surface area contributed by atoms with Crippen molar-refractivity contribution in [2.24, 2.45) is 5.73 Å². The van der Waals surface area contributed by atoms with Crippen LogP contribution in [-0.2, 0) is 5.92 Å². The highest BCUT2D eigenvalue weighted by atomic mass is 35.5. The number of carbonyl (C=O) groups excluding carboxylic acids is 1. The highest BCUT2D eigenvalue weighted by Crippen LogP contribution is 2.42. The lowest BCUT2D eigenvalue weighted by Crippen LogP contribution is -2.44. The number of phenols is 1. The van der Waals surface area contributed by atoms with Gasteiger partial charge in [0.05, 0.1) is 22.7 Å². The van der Waals surface area contributed by atoms with Gasteiger partial charge in [-0.25, -0.2) is 13.6 Å². The molecular formula is C15H17ClF2N2O2. The molecule has 1 aromatic carbocycles. The van der Waals surface area contributed by atoms with Crippen molar-refractivity contribution in [1.29, 1.82) is 0 Å². The smallest absolute Gasteiger partial charge is 0.319 e. The molecule has 0 radical (unpaired) electrons. The Morgan fingerprint density at radius 1 is 1.50 bits per heavy atom. The van der Waals surface area contributed by atoms with E-state index in [4.69, 9.17) is 17.3 Å². The summed E-state index contributed by atoms with van der Waals surface area (Å²) in [5, 5.41) is 9.90. The molecule has 22 heavy (non-hydrogen) atoms. The second kappa shape index (κ2) is 5.76. The van der Waals surface area contributed by atoms with Crippen LogP contribution in [0.4, 0.5) is 19.3 Å². The Hall–Kier alpha value is -1.82. The van der Waals surface area contributed by atoms with E-state index in [1.165, 1.54) is 12.1 Å². The Kier molecular flexibility index (Phi) is 4.33. The van der Waals surface area contributed by atoms with Gasteiger partial charge in [0.15, 0.2) is 0 Å². The summed E-state index contributed by atoms with van der Waals surface area (Å²) in [4.78, 5) is 12.9. The van der Waals surface area contributed by atoms with Crippen molar-refractivity contribution in [2.75, 3.05) is 4.90 Å². The first kappa shape index (κ1) is 16.5. The summed E-state index contributed by atoms with van der Waals surface area (Å²) >= 11 is 6.04. The molecule has 1 aliphatic carbocycles. The number of hydrogen-bond acceptors (Lipinski definition) is 2. The molecule has 2 unspecified atom stereocenters. The lowest BCUT2D eigenvalue weighted by atomic mass is 10.0. The van der Waals surface area contributed by atoms with Gasteiger partial charge in [0, 0.05) is 6.92 Å². The molecule has 1 aromatic rings. The summed E-state index contributed by atoms with van der Waals surface area (Å²) in [7, 11) is 0. The van der Waals surface area contributed by atoms with E-state index in [1.54, 1.807) is 13.0 Å². The van der Waals surface area contributed by atoms with Gasteiger partial charge in [-0.3, -0.25) is 4.90 Å². The number of allylic oxidation sites excluding steroid dienone is 1. The largest absolute Gasteiger partial charge is 0.505 e. The number of primary amides is 1. The first-order valence-corrected chi connectivity index (χ1v) is 7.18. The lowest BCUT2D eigenvalue weighted by molar-refractivity contribution is 0.0152. The molecule has 2 atom stereocenters. The number of alkyl halides is 3. The molecule has 0 bridgehead atoms. The van der Waals surface area contributed by atoms with Crippen LogP contribution in [0.5, 0.6) is 5.75 Å². The van der Waals surface area contributed by atoms with Gasteiger partial charge < -0.3 is 10.8 Å². The van der Waals surface area contributed by atoms with Crippen LogP contribution in [-0.4, -0.2) is 22.6 Å². The van der Waals surface area contributed by atoms with Gasteiger partial charge in [-0.15, -0.1) is 11.6 Å². The predicted octanol–water partition coefficient (Wildman–Crippen LogP) is 3.72. The fourth-order valence-electron chi connectivity index (χ4n) is 2.69. The van der Waals surface area contributed by atoms with E-state index in [2.05, 4.69) is 0 Å². The summed E-state index contributed by atoms with van der Waals surface area (Å²) in [6.45, 7) is 2.45. The minimum absolute atomic E-state index is 0.0463. The lowest BCUT2D eigenvalue weighted by Gasteiger charge is -2.30. The van der Waals surface area contributed by atoms with Gasteiger partial charge in [0.2, 0.25) is 0 Å². The Balaban J connectivity index is 2.52. The van der Waals surface area contributed by atoms with E-state index in [-0.39, 0.29) is 11.1 Å². The molecule has 2 rings (SSSR count). The van der Waals surface area contributed by atoms with E-state index in [0.717, 1.165) is 16.5 Å². The number of aromatic hydroxyl groups is 1. The zero-order valence-corrected chi connectivity index (χ0v) is 12.9. The topological polar surface area (TPSA) is 66.6 Å². The predicted molar refractivity (Wildman–Crippen MR) is 81.5 cm³/mol. The number of anilines is 1. The highest BCUT2D eigenvalue weighted by Gasteiger charge is 2.35. The van der Waals surface area contributed by atoms with Crippen molar-refractivity contribution in [3.63, 3.8) is 0 Å². The van der Waals surface area contributed by atoms with E-state index >= 15 is 0 Å². The molecule has 1 aliphatic rings. The van der Waals surface area contributed by atoms with E-state index < -0.39 is 29.3 Å². The number of para-hydroxylation sites is 1. The summed E-state index contributed by atoms with van der Waals surface area (Å²) < 4.78 is 27.1. The van der Waals surface area contributed by atoms with Crippen molar-refractivity contribution in [3.8, 4) is 5.75 Å². The zero-order chi connectivity index (χ0) is 16.7. The molecule has 120 valence electrons. The molecule has 2 amide bonds. The molecule has 0 fully saturated rings. The molecule has 0 saturated carbocycles. The van der Waals surface area contributed by atoms with Crippen molar-refractivity contribution in [1.82, 2.24) is 0 Å². The number of hydrogen-bond donors (Lipinski definition) is 2. The van der Waals surface area contributed by atoms with Crippen LogP contribution in [0, 0.1) is 0 Å². The molecule has 3 N–H and O–H groups in total. The van der Waals surface area contributed by atoms with E-state index in [0.29, 0.717) is 13.3 Å². The maximum absolute atomic E-state index is 13.5. The van der Waals surface area contributed by atoms with Crippen LogP contribution in [0.15, 0.2) is 29.8 Å². The van der Waals surface area contributed by atoms with Gasteiger partial charge in [-0.05, 0) is 25.5 Å². The quantitative estimate of drug-likeness (QED) is 0.655. The Morgan fingerprint density at radius 3 is 2.59 bits per heavy atom. The Labute approximate surface area is 132 Å². The van der Waals surface area contributed by atoms with Crippen molar-refractivity contribution >= 4 is 23.3 Å². The number of benzene rings is 1. The summed E-state index contributed by atoms with van der Waals surface area (Å²) in [5.41, 5.74) is 5.60. The minimum Gasteiger partial charge on any atom is -0.505 e. The fraction of sp³-hybridized carbons (Fsp3) is 0.400. The van der Waals surface area contributed by atoms with Crippen LogP contribution >= 0.6 is 11.6 Å². The number of halogens is 3. The monoisotopic (exact) mass is 330 g/mol. The first-order valence-electron chi connectivity index (χ1n) is 6.74. The maximum atomic E-state index is 13.5. The molecule has 0 spiro atoms. The third-order valence-electron chi connectivity index (χ3n) is 3.71. The minimum atomic E-state index is -3.24. The molecule has 7 heteroatoms. The standard InChI is InChI=1S/C15H17ClF2N2O2/c1-8-6-9(16)7-12(8)20(14(19)22)11-5-3-4-10(13(11)21)15(2,17)18/h3-6,9,12,21H,7H2,1-2H3,(H2,19,22). The highest BCUT2D eigenvalue weighted by molar-refractivity contribution is 6.22. The van der Waals surface area contributed by atoms with Gasteiger partial charge >= 0.3 is 6.03 Å². The van der Waals surface area contributed by atoms with E-state index in [1.807, 2.05) is 0 Å². The SMILES string of the molecule is CC1=CC(Cl)CC1N(C(N)=O)c1cccc(C(C)(F)F)c1O. The number of amides is 2. The number of nitrogens with two attached hydrogens (primary N) is 1. The fourth-order valence-corrected chi connectivity index (χ4v) is 3.06. The number of phenolic OH excluding ortho intramolecular Hbond substituents is 1. The molecule has 0 heterocycles. The molecule has 0 saturated heterocycles. The Bertz CT molecular complexity index is 628. The second-order valence-corrected chi connectivity index (χ2v) is 6.01. The maximum Gasteiger partial charge on any atom is 0.319 e. The van der Waals surface area contributed by atoms with Crippen molar-refractivity contribution < 1.29 is 18.7 Å². The number of carbonyl (C=O) groups is 1. The van der Waals surface area contributed by atoms with Crippen LogP contribution in [0.1, 0.15) is 25.8 Å². The third kappa shape index (κ3) is 3.02. The van der Waals surface area contributed by atoms with Crippen LogP contribution in [0.2, 0.25) is 0 Å².